The van der Waals surface area contributed by atoms with Crippen LogP contribution in [-0.4, -0.2) is 49.4 Å². The Balaban J connectivity index is 2.58. The van der Waals surface area contributed by atoms with Gasteiger partial charge in [0.1, 0.15) is 12.6 Å². The minimum atomic E-state index is -1.27. The number of aliphatic carboxylic acids is 1. The number of carbonyl (C=O) groups is 2. The number of carbonyl (C=O) groups excluding carboxylic acids is 1. The fraction of sp³-hybridized carbons (Fsp3) is 0.444. The van der Waals surface area contributed by atoms with Crippen LogP contribution in [0, 0.1) is 10.1 Å². The number of hydrogen-bond acceptors (Lipinski definition) is 6. The highest BCUT2D eigenvalue weighted by molar-refractivity contribution is 5.83. The van der Waals surface area contributed by atoms with Gasteiger partial charge in [-0.25, -0.2) is 4.79 Å². The number of nitro groups is 1. The van der Waals surface area contributed by atoms with Gasteiger partial charge in [-0.2, -0.15) is 4.68 Å². The standard InChI is InChI=1S/C9H12N4O6/c14-4-2-6(9(16)17)10-8(15)5-12-3-1-7(11-12)13(18)19/h1,3,6,14H,2,4-5H2,(H,10,15)(H,16,17). The third-order valence-corrected chi connectivity index (χ3v) is 2.17. The van der Waals surface area contributed by atoms with Gasteiger partial charge in [-0.3, -0.25) is 4.79 Å². The van der Waals surface area contributed by atoms with Crippen LogP contribution >= 0.6 is 0 Å². The van der Waals surface area contributed by atoms with Crippen LogP contribution in [0.25, 0.3) is 0 Å². The highest BCUT2D eigenvalue weighted by atomic mass is 16.6. The quantitative estimate of drug-likeness (QED) is 0.414. The molecule has 0 spiro atoms. The maximum absolute atomic E-state index is 11.5. The number of nitrogens with one attached hydrogen (secondary N) is 1. The van der Waals surface area contributed by atoms with E-state index in [1.165, 1.54) is 6.20 Å². The van der Waals surface area contributed by atoms with E-state index in [0.717, 1.165) is 10.7 Å². The van der Waals surface area contributed by atoms with E-state index in [2.05, 4.69) is 10.4 Å². The van der Waals surface area contributed by atoms with Crippen molar-refractivity contribution in [3.63, 3.8) is 0 Å². The first-order valence-electron chi connectivity index (χ1n) is 5.25. The Morgan fingerprint density at radius 1 is 1.58 bits per heavy atom. The molecule has 19 heavy (non-hydrogen) atoms. The van der Waals surface area contributed by atoms with E-state index in [-0.39, 0.29) is 19.6 Å². The Morgan fingerprint density at radius 2 is 2.26 bits per heavy atom. The van der Waals surface area contributed by atoms with Crippen molar-refractivity contribution in [1.82, 2.24) is 15.1 Å². The molecule has 0 saturated heterocycles. The predicted molar refractivity (Wildman–Crippen MR) is 60.2 cm³/mol. The molecule has 1 aromatic rings. The van der Waals surface area contributed by atoms with E-state index in [9.17, 15) is 19.7 Å². The molecule has 10 heteroatoms. The number of nitrogens with zero attached hydrogens (tertiary/aromatic N) is 3. The second-order valence-corrected chi connectivity index (χ2v) is 3.60. The van der Waals surface area contributed by atoms with Crippen LogP contribution in [0.3, 0.4) is 0 Å². The molecule has 1 rings (SSSR count). The van der Waals surface area contributed by atoms with Crippen LogP contribution < -0.4 is 5.32 Å². The molecule has 3 N–H and O–H groups in total. The highest BCUT2D eigenvalue weighted by Gasteiger charge is 2.20. The lowest BCUT2D eigenvalue weighted by Gasteiger charge is -2.12. The molecule has 1 heterocycles. The molecule has 1 unspecified atom stereocenters. The van der Waals surface area contributed by atoms with Crippen molar-refractivity contribution in [2.75, 3.05) is 6.61 Å². The van der Waals surface area contributed by atoms with Crippen molar-refractivity contribution < 1.29 is 24.7 Å². The van der Waals surface area contributed by atoms with Gasteiger partial charge in [0.15, 0.2) is 0 Å². The molecular weight excluding hydrogens is 260 g/mol. The van der Waals surface area contributed by atoms with Crippen LogP contribution in [0.4, 0.5) is 5.82 Å². The molecule has 0 bridgehead atoms. The number of aliphatic hydroxyl groups is 1. The van der Waals surface area contributed by atoms with E-state index >= 15 is 0 Å². The van der Waals surface area contributed by atoms with Gasteiger partial charge in [0.2, 0.25) is 5.91 Å². The molecule has 1 aromatic heterocycles. The number of aromatic nitrogens is 2. The van der Waals surface area contributed by atoms with Gasteiger partial charge in [0.25, 0.3) is 0 Å². The van der Waals surface area contributed by atoms with E-state index in [4.69, 9.17) is 10.2 Å². The number of carboxylic acid groups (broad SMARTS) is 1. The zero-order chi connectivity index (χ0) is 14.4. The summed E-state index contributed by atoms with van der Waals surface area (Å²) < 4.78 is 1.02. The topological polar surface area (TPSA) is 148 Å². The number of hydrogen-bond donors (Lipinski definition) is 3. The largest absolute Gasteiger partial charge is 0.480 e. The summed E-state index contributed by atoms with van der Waals surface area (Å²) in [7, 11) is 0. The Bertz CT molecular complexity index is 485. The van der Waals surface area contributed by atoms with E-state index < -0.39 is 28.7 Å². The molecule has 1 amide bonds. The minimum absolute atomic E-state index is 0.125. The van der Waals surface area contributed by atoms with Crippen molar-refractivity contribution in [2.24, 2.45) is 0 Å². The predicted octanol–water partition coefficient (Wildman–Crippen LogP) is -1.26. The lowest BCUT2D eigenvalue weighted by atomic mass is 10.2. The first kappa shape index (κ1) is 14.6. The number of aliphatic hydroxyl groups excluding tert-OH is 1. The van der Waals surface area contributed by atoms with Crippen molar-refractivity contribution >= 4 is 17.7 Å². The normalized spacial score (nSPS) is 11.8. The highest BCUT2D eigenvalue weighted by Crippen LogP contribution is 2.04. The summed E-state index contributed by atoms with van der Waals surface area (Å²) in [6.45, 7) is -0.729. The number of rotatable bonds is 7. The van der Waals surface area contributed by atoms with Gasteiger partial charge in [-0.05, 0) is 4.92 Å². The molecule has 0 aliphatic rings. The summed E-state index contributed by atoms with van der Waals surface area (Å²) >= 11 is 0. The molecule has 0 aromatic carbocycles. The summed E-state index contributed by atoms with van der Waals surface area (Å²) in [4.78, 5) is 31.9. The van der Waals surface area contributed by atoms with E-state index in [1.807, 2.05) is 0 Å². The molecule has 0 aliphatic heterocycles. The minimum Gasteiger partial charge on any atom is -0.480 e. The second kappa shape index (κ2) is 6.44. The molecule has 10 nitrogen and oxygen atoms in total. The van der Waals surface area contributed by atoms with E-state index in [1.54, 1.807) is 0 Å². The van der Waals surface area contributed by atoms with Crippen LogP contribution in [0.5, 0.6) is 0 Å². The van der Waals surface area contributed by atoms with E-state index in [0.29, 0.717) is 0 Å². The number of amides is 1. The third-order valence-electron chi connectivity index (χ3n) is 2.17. The zero-order valence-corrected chi connectivity index (χ0v) is 9.72. The van der Waals surface area contributed by atoms with Crippen LogP contribution in [0.2, 0.25) is 0 Å². The molecule has 0 radical (unpaired) electrons. The zero-order valence-electron chi connectivity index (χ0n) is 9.72. The molecule has 104 valence electrons. The fourth-order valence-electron chi connectivity index (χ4n) is 1.31. The fourth-order valence-corrected chi connectivity index (χ4v) is 1.31. The van der Waals surface area contributed by atoms with Gasteiger partial charge >= 0.3 is 11.8 Å². The average molecular weight is 272 g/mol. The Labute approximate surface area is 106 Å². The lowest BCUT2D eigenvalue weighted by molar-refractivity contribution is -0.389. The first-order chi connectivity index (χ1) is 8.93. The Hall–Kier alpha value is -2.49. The van der Waals surface area contributed by atoms with Gasteiger partial charge < -0.3 is 25.6 Å². The molecule has 0 aliphatic carbocycles. The van der Waals surface area contributed by atoms with Gasteiger partial charge in [0.05, 0.1) is 17.4 Å². The molecular formula is C9H12N4O6. The van der Waals surface area contributed by atoms with Gasteiger partial charge in [0, 0.05) is 13.0 Å². The second-order valence-electron chi connectivity index (χ2n) is 3.60. The molecule has 0 fully saturated rings. The summed E-state index contributed by atoms with van der Waals surface area (Å²) in [6, 6.07) is -0.0848. The van der Waals surface area contributed by atoms with Crippen molar-refractivity contribution in [1.29, 1.82) is 0 Å². The van der Waals surface area contributed by atoms with Gasteiger partial charge in [-0.1, -0.05) is 0 Å². The Kier molecular flexibility index (Phi) is 4.94. The SMILES string of the molecule is O=C(Cn1ccc([N+](=O)[O-])n1)NC(CCO)C(=O)O. The van der Waals surface area contributed by atoms with Crippen LogP contribution in [-0.2, 0) is 16.1 Å². The first-order valence-corrected chi connectivity index (χ1v) is 5.25. The van der Waals surface area contributed by atoms with Crippen molar-refractivity contribution in [3.05, 3.63) is 22.4 Å². The van der Waals surface area contributed by atoms with Crippen LogP contribution in [0.15, 0.2) is 12.3 Å². The van der Waals surface area contributed by atoms with Crippen LogP contribution in [0.1, 0.15) is 6.42 Å². The lowest BCUT2D eigenvalue weighted by Crippen LogP contribution is -2.42. The smallest absolute Gasteiger partial charge is 0.389 e. The summed E-state index contributed by atoms with van der Waals surface area (Å²) in [5.74, 6) is -2.34. The third kappa shape index (κ3) is 4.35. The summed E-state index contributed by atoms with van der Waals surface area (Å²) in [5, 5.41) is 33.5. The van der Waals surface area contributed by atoms with Gasteiger partial charge in [-0.15, -0.1) is 0 Å². The monoisotopic (exact) mass is 272 g/mol. The molecule has 0 saturated carbocycles. The maximum atomic E-state index is 11.5. The Morgan fingerprint density at radius 3 is 2.74 bits per heavy atom. The summed E-state index contributed by atoms with van der Waals surface area (Å²) in [5.41, 5.74) is 0. The maximum Gasteiger partial charge on any atom is 0.389 e. The molecule has 1 atom stereocenters. The van der Waals surface area contributed by atoms with Crippen molar-refractivity contribution in [2.45, 2.75) is 19.0 Å². The number of carboxylic acids is 1. The van der Waals surface area contributed by atoms with Crippen molar-refractivity contribution in [3.8, 4) is 0 Å². The average Bonchev–Trinajstić information content (AvgIpc) is 2.76. The summed E-state index contributed by atoms with van der Waals surface area (Å²) in [6.07, 6.45) is 1.11.